The molecule has 5 nitrogen and oxygen atoms in total. The highest BCUT2D eigenvalue weighted by atomic mass is 32.2. The molecule has 0 saturated heterocycles. The second kappa shape index (κ2) is 3.39. The van der Waals surface area contributed by atoms with E-state index < -0.39 is 10.0 Å². The SMILES string of the molecule is CN1CCNS(=O)(=O)c2cc(N)ccc21. The van der Waals surface area contributed by atoms with Gasteiger partial charge in [-0.1, -0.05) is 0 Å². The molecular weight excluding hydrogens is 214 g/mol. The number of benzene rings is 1. The van der Waals surface area contributed by atoms with E-state index in [-0.39, 0.29) is 4.90 Å². The molecule has 1 aliphatic heterocycles. The molecule has 6 heteroatoms. The first-order valence-corrected chi connectivity index (χ1v) is 6.09. The van der Waals surface area contributed by atoms with Crippen molar-refractivity contribution >= 4 is 21.4 Å². The second-order valence-electron chi connectivity index (χ2n) is 3.55. The van der Waals surface area contributed by atoms with Crippen LogP contribution in [0.25, 0.3) is 0 Å². The van der Waals surface area contributed by atoms with Crippen LogP contribution in [0.4, 0.5) is 11.4 Å². The van der Waals surface area contributed by atoms with Gasteiger partial charge in [0.1, 0.15) is 4.90 Å². The van der Waals surface area contributed by atoms with E-state index in [1.165, 1.54) is 6.07 Å². The third-order valence-electron chi connectivity index (χ3n) is 2.42. The third kappa shape index (κ3) is 1.78. The fourth-order valence-electron chi connectivity index (χ4n) is 1.61. The minimum Gasteiger partial charge on any atom is -0.399 e. The van der Waals surface area contributed by atoms with Crippen LogP contribution < -0.4 is 15.4 Å². The van der Waals surface area contributed by atoms with Crippen molar-refractivity contribution in [3.8, 4) is 0 Å². The molecule has 3 N–H and O–H groups in total. The summed E-state index contributed by atoms with van der Waals surface area (Å²) in [5.41, 5.74) is 6.73. The van der Waals surface area contributed by atoms with E-state index >= 15 is 0 Å². The van der Waals surface area contributed by atoms with Gasteiger partial charge in [-0.25, -0.2) is 13.1 Å². The van der Waals surface area contributed by atoms with Gasteiger partial charge in [-0.2, -0.15) is 0 Å². The van der Waals surface area contributed by atoms with Gasteiger partial charge in [0.2, 0.25) is 10.0 Å². The van der Waals surface area contributed by atoms with Crippen molar-refractivity contribution in [3.05, 3.63) is 18.2 Å². The van der Waals surface area contributed by atoms with Gasteiger partial charge < -0.3 is 10.6 Å². The van der Waals surface area contributed by atoms with Crippen molar-refractivity contribution in [2.24, 2.45) is 0 Å². The molecule has 1 heterocycles. The summed E-state index contributed by atoms with van der Waals surface area (Å²) < 4.78 is 26.1. The van der Waals surface area contributed by atoms with Gasteiger partial charge in [0, 0.05) is 25.8 Å². The Hall–Kier alpha value is -1.27. The van der Waals surface area contributed by atoms with Crippen molar-refractivity contribution in [3.63, 3.8) is 0 Å². The molecule has 0 amide bonds. The van der Waals surface area contributed by atoms with Crippen LogP contribution >= 0.6 is 0 Å². The molecule has 0 aliphatic carbocycles. The first-order valence-electron chi connectivity index (χ1n) is 4.61. The molecule has 0 saturated carbocycles. The Morgan fingerprint density at radius 3 is 2.93 bits per heavy atom. The van der Waals surface area contributed by atoms with E-state index in [0.717, 1.165) is 0 Å². The van der Waals surface area contributed by atoms with Crippen LogP contribution in [0.3, 0.4) is 0 Å². The Morgan fingerprint density at radius 1 is 1.47 bits per heavy atom. The monoisotopic (exact) mass is 227 g/mol. The molecule has 2 rings (SSSR count). The van der Waals surface area contributed by atoms with Gasteiger partial charge in [-0.05, 0) is 18.2 Å². The van der Waals surface area contributed by atoms with Crippen molar-refractivity contribution in [1.82, 2.24) is 4.72 Å². The topological polar surface area (TPSA) is 75.4 Å². The summed E-state index contributed by atoms with van der Waals surface area (Å²) in [4.78, 5) is 2.15. The number of nitrogens with zero attached hydrogens (tertiary/aromatic N) is 1. The molecule has 0 bridgehead atoms. The first-order chi connectivity index (χ1) is 7.00. The number of nitrogen functional groups attached to an aromatic ring is 1. The number of nitrogens with two attached hydrogens (primary N) is 1. The Balaban J connectivity index is 2.68. The number of hydrogen-bond donors (Lipinski definition) is 2. The van der Waals surface area contributed by atoms with E-state index in [9.17, 15) is 8.42 Å². The molecule has 15 heavy (non-hydrogen) atoms. The van der Waals surface area contributed by atoms with E-state index in [0.29, 0.717) is 24.5 Å². The number of fused-ring (bicyclic) bond motifs is 1. The lowest BCUT2D eigenvalue weighted by molar-refractivity contribution is 0.585. The van der Waals surface area contributed by atoms with E-state index in [2.05, 4.69) is 4.72 Å². The zero-order valence-corrected chi connectivity index (χ0v) is 9.21. The predicted octanol–water partition coefficient (Wildman–Crippen LogP) is -0.00310. The molecule has 82 valence electrons. The lowest BCUT2D eigenvalue weighted by Crippen LogP contribution is -2.27. The summed E-state index contributed by atoms with van der Waals surface area (Å²) >= 11 is 0. The lowest BCUT2D eigenvalue weighted by Gasteiger charge is -2.17. The Morgan fingerprint density at radius 2 is 2.20 bits per heavy atom. The number of sulfonamides is 1. The minimum absolute atomic E-state index is 0.252. The molecule has 0 aromatic heterocycles. The van der Waals surface area contributed by atoms with Crippen LogP contribution in [0.15, 0.2) is 23.1 Å². The highest BCUT2D eigenvalue weighted by Gasteiger charge is 2.23. The summed E-state index contributed by atoms with van der Waals surface area (Å²) in [7, 11) is -1.55. The molecule has 1 aliphatic rings. The highest BCUT2D eigenvalue weighted by Crippen LogP contribution is 2.27. The molecule has 0 spiro atoms. The van der Waals surface area contributed by atoms with Crippen LogP contribution in [0, 0.1) is 0 Å². The van der Waals surface area contributed by atoms with Crippen LogP contribution in [-0.4, -0.2) is 28.6 Å². The smallest absolute Gasteiger partial charge is 0.242 e. The van der Waals surface area contributed by atoms with Gasteiger partial charge in [-0.15, -0.1) is 0 Å². The summed E-state index contributed by atoms with van der Waals surface area (Å²) in [6.07, 6.45) is 0. The predicted molar refractivity (Wildman–Crippen MR) is 59.3 cm³/mol. The minimum atomic E-state index is -3.41. The fourth-order valence-corrected chi connectivity index (χ4v) is 2.91. The normalized spacial score (nSPS) is 19.4. The number of anilines is 2. The average molecular weight is 227 g/mol. The maximum absolute atomic E-state index is 11.8. The molecule has 1 aromatic carbocycles. The Kier molecular flexibility index (Phi) is 2.32. The zero-order chi connectivity index (χ0) is 11.1. The largest absolute Gasteiger partial charge is 0.399 e. The molecule has 0 unspecified atom stereocenters. The van der Waals surface area contributed by atoms with Gasteiger partial charge in [0.05, 0.1) is 5.69 Å². The summed E-state index contributed by atoms with van der Waals surface area (Å²) in [6, 6.07) is 4.92. The Bertz CT molecular complexity index is 484. The van der Waals surface area contributed by atoms with Gasteiger partial charge in [-0.3, -0.25) is 0 Å². The molecule has 0 atom stereocenters. The number of rotatable bonds is 0. The quantitative estimate of drug-likeness (QED) is 0.612. The van der Waals surface area contributed by atoms with E-state index in [1.54, 1.807) is 12.1 Å². The van der Waals surface area contributed by atoms with Crippen molar-refractivity contribution < 1.29 is 8.42 Å². The number of nitrogens with one attached hydrogen (secondary N) is 1. The molecular formula is C9H13N3O2S. The van der Waals surface area contributed by atoms with Crippen LogP contribution in [0.5, 0.6) is 0 Å². The van der Waals surface area contributed by atoms with Crippen molar-refractivity contribution in [1.29, 1.82) is 0 Å². The third-order valence-corrected chi connectivity index (χ3v) is 3.91. The van der Waals surface area contributed by atoms with Gasteiger partial charge >= 0.3 is 0 Å². The standard InChI is InChI=1S/C9H13N3O2S/c1-12-5-4-11-15(13,14)9-6-7(10)2-3-8(9)12/h2-3,6,11H,4-5,10H2,1H3. The van der Waals surface area contributed by atoms with Crippen LogP contribution in [0.2, 0.25) is 0 Å². The van der Waals surface area contributed by atoms with Crippen LogP contribution in [0.1, 0.15) is 0 Å². The number of likely N-dealkylation sites (N-methyl/N-ethyl adjacent to an activating group) is 1. The molecule has 1 aromatic rings. The number of hydrogen-bond acceptors (Lipinski definition) is 4. The lowest BCUT2D eigenvalue weighted by atomic mass is 10.2. The van der Waals surface area contributed by atoms with Gasteiger partial charge in [0.25, 0.3) is 0 Å². The average Bonchev–Trinajstić information content (AvgIpc) is 2.26. The second-order valence-corrected chi connectivity index (χ2v) is 5.28. The fraction of sp³-hybridized carbons (Fsp3) is 0.333. The summed E-state index contributed by atoms with van der Waals surface area (Å²) in [5, 5.41) is 0. The van der Waals surface area contributed by atoms with Crippen LogP contribution in [-0.2, 0) is 10.0 Å². The summed E-state index contributed by atoms with van der Waals surface area (Å²) in [5.74, 6) is 0. The first kappa shape index (κ1) is 10.3. The maximum Gasteiger partial charge on any atom is 0.242 e. The maximum atomic E-state index is 11.8. The van der Waals surface area contributed by atoms with Crippen molar-refractivity contribution in [2.45, 2.75) is 4.90 Å². The molecule has 0 radical (unpaired) electrons. The van der Waals surface area contributed by atoms with Gasteiger partial charge in [0.15, 0.2) is 0 Å². The van der Waals surface area contributed by atoms with E-state index in [4.69, 9.17) is 5.73 Å². The van der Waals surface area contributed by atoms with Crippen molar-refractivity contribution in [2.75, 3.05) is 30.8 Å². The molecule has 0 fully saturated rings. The van der Waals surface area contributed by atoms with E-state index in [1.807, 2.05) is 11.9 Å². The highest BCUT2D eigenvalue weighted by molar-refractivity contribution is 7.89. The Labute approximate surface area is 88.9 Å². The zero-order valence-electron chi connectivity index (χ0n) is 8.40. The summed E-state index contributed by atoms with van der Waals surface area (Å²) in [6.45, 7) is 1.06.